The van der Waals surface area contributed by atoms with E-state index in [0.717, 1.165) is 16.4 Å². The molecular weight excluding hydrogens is 304 g/mol. The Bertz CT molecular complexity index is 499. The van der Waals surface area contributed by atoms with E-state index in [1.165, 1.54) is 11.3 Å². The lowest BCUT2D eigenvalue weighted by molar-refractivity contribution is 0.0963. The van der Waals surface area contributed by atoms with Gasteiger partial charge in [-0.25, -0.2) is 0 Å². The third kappa shape index (κ3) is 4.66. The molecule has 5 nitrogen and oxygen atoms in total. The molecule has 0 saturated heterocycles. The molecule has 1 amide bonds. The maximum atomic E-state index is 12.1. The van der Waals surface area contributed by atoms with Gasteiger partial charge in [0.2, 0.25) is 0 Å². The molecule has 0 aliphatic rings. The molecule has 7 heteroatoms. The Kier molecular flexibility index (Phi) is 7.07. The van der Waals surface area contributed by atoms with E-state index in [1.54, 1.807) is 17.8 Å². The fourth-order valence-electron chi connectivity index (χ4n) is 1.58. The molecule has 0 radical (unpaired) electrons. The Labute approximate surface area is 135 Å². The third-order valence-corrected chi connectivity index (χ3v) is 5.28. The van der Waals surface area contributed by atoms with Crippen LogP contribution in [0.25, 0.3) is 0 Å². The van der Waals surface area contributed by atoms with Gasteiger partial charge in [-0.2, -0.15) is 0 Å². The highest BCUT2D eigenvalue weighted by molar-refractivity contribution is 7.99. The van der Waals surface area contributed by atoms with Crippen molar-refractivity contribution in [3.63, 3.8) is 0 Å². The number of nitrogen functional groups attached to an aromatic ring is 1. The molecule has 0 saturated carbocycles. The molecule has 21 heavy (non-hydrogen) atoms. The molecule has 118 valence electrons. The van der Waals surface area contributed by atoms with Crippen LogP contribution in [0.15, 0.2) is 17.6 Å². The van der Waals surface area contributed by atoms with Crippen molar-refractivity contribution in [2.75, 3.05) is 44.5 Å². The monoisotopic (exact) mass is 328 g/mol. The summed E-state index contributed by atoms with van der Waals surface area (Å²) in [5.41, 5.74) is 6.66. The summed E-state index contributed by atoms with van der Waals surface area (Å²) in [5.74, 6) is -0.151. The first kappa shape index (κ1) is 17.9. The van der Waals surface area contributed by atoms with Crippen LogP contribution in [0.5, 0.6) is 0 Å². The number of nitrogens with one attached hydrogen (secondary N) is 2. The number of carbonyl (C=O) groups excluding carboxylic acids is 1. The SMILES string of the molecule is C=CCNC(=O)c1sc(NCC(C)N(C)C)c(SC)c1N. The zero-order valence-electron chi connectivity index (χ0n) is 13.0. The molecule has 0 spiro atoms. The van der Waals surface area contributed by atoms with Gasteiger partial charge < -0.3 is 21.3 Å². The van der Waals surface area contributed by atoms with E-state index in [2.05, 4.69) is 29.0 Å². The standard InChI is InChI=1S/C14H24N4OS2/c1-6-7-16-13(19)11-10(15)12(20-5)14(21-11)17-8-9(2)18(3)4/h6,9,17H,1,7-8,15H2,2-5H3,(H,16,19). The molecule has 4 N–H and O–H groups in total. The van der Waals surface area contributed by atoms with Gasteiger partial charge in [0.25, 0.3) is 5.91 Å². The van der Waals surface area contributed by atoms with E-state index < -0.39 is 0 Å². The Morgan fingerprint density at radius 3 is 2.76 bits per heavy atom. The van der Waals surface area contributed by atoms with E-state index in [-0.39, 0.29) is 5.91 Å². The summed E-state index contributed by atoms with van der Waals surface area (Å²) in [5, 5.41) is 7.11. The quantitative estimate of drug-likeness (QED) is 0.505. The van der Waals surface area contributed by atoms with Crippen LogP contribution in [-0.2, 0) is 0 Å². The topological polar surface area (TPSA) is 70.4 Å². The number of nitrogens with zero attached hydrogens (tertiary/aromatic N) is 1. The summed E-state index contributed by atoms with van der Waals surface area (Å²) >= 11 is 2.95. The largest absolute Gasteiger partial charge is 0.396 e. The first-order valence-corrected chi connectivity index (χ1v) is 8.72. The summed E-state index contributed by atoms with van der Waals surface area (Å²) < 4.78 is 0. The molecule has 0 aliphatic heterocycles. The second-order valence-corrected chi connectivity index (χ2v) is 6.74. The summed E-state index contributed by atoms with van der Waals surface area (Å²) in [6.45, 7) is 6.96. The van der Waals surface area contributed by atoms with Gasteiger partial charge in [0.1, 0.15) is 9.88 Å². The van der Waals surface area contributed by atoms with Crippen LogP contribution < -0.4 is 16.4 Å². The normalized spacial score (nSPS) is 12.2. The summed E-state index contributed by atoms with van der Waals surface area (Å²) in [6.07, 6.45) is 3.61. The van der Waals surface area contributed by atoms with Crippen LogP contribution in [0.2, 0.25) is 0 Å². The predicted octanol–water partition coefficient (Wildman–Crippen LogP) is 2.33. The van der Waals surface area contributed by atoms with Crippen molar-refractivity contribution in [2.45, 2.75) is 17.9 Å². The van der Waals surface area contributed by atoms with Gasteiger partial charge in [0.15, 0.2) is 0 Å². The lowest BCUT2D eigenvalue weighted by Gasteiger charge is -2.20. The van der Waals surface area contributed by atoms with E-state index in [1.807, 2.05) is 20.4 Å². The molecule has 1 unspecified atom stereocenters. The molecule has 0 fully saturated rings. The predicted molar refractivity (Wildman–Crippen MR) is 94.7 cm³/mol. The van der Waals surface area contributed by atoms with Gasteiger partial charge in [0, 0.05) is 19.1 Å². The number of rotatable bonds is 8. The van der Waals surface area contributed by atoms with Crippen LogP contribution in [-0.4, -0.2) is 50.3 Å². The van der Waals surface area contributed by atoms with E-state index in [9.17, 15) is 4.79 Å². The van der Waals surface area contributed by atoms with E-state index >= 15 is 0 Å². The number of thioether (sulfide) groups is 1. The van der Waals surface area contributed by atoms with Crippen molar-refractivity contribution in [1.29, 1.82) is 0 Å². The van der Waals surface area contributed by atoms with E-state index in [0.29, 0.717) is 23.2 Å². The number of anilines is 2. The Balaban J connectivity index is 2.89. The first-order valence-electron chi connectivity index (χ1n) is 6.68. The van der Waals surface area contributed by atoms with Crippen molar-refractivity contribution in [2.24, 2.45) is 0 Å². The molecule has 0 aliphatic carbocycles. The van der Waals surface area contributed by atoms with Crippen molar-refractivity contribution in [1.82, 2.24) is 10.2 Å². The molecule has 1 heterocycles. The average Bonchev–Trinajstić information content (AvgIpc) is 2.78. The molecule has 1 aromatic rings. The van der Waals surface area contributed by atoms with Crippen LogP contribution in [0.4, 0.5) is 10.7 Å². The van der Waals surface area contributed by atoms with Crippen molar-refractivity contribution >= 4 is 39.7 Å². The maximum absolute atomic E-state index is 12.1. The highest BCUT2D eigenvalue weighted by Crippen LogP contribution is 2.41. The maximum Gasteiger partial charge on any atom is 0.263 e. The van der Waals surface area contributed by atoms with Crippen LogP contribution in [0.1, 0.15) is 16.6 Å². The highest BCUT2D eigenvalue weighted by atomic mass is 32.2. The molecular formula is C14H24N4OS2. The minimum Gasteiger partial charge on any atom is -0.396 e. The number of amides is 1. The number of nitrogens with two attached hydrogens (primary N) is 1. The van der Waals surface area contributed by atoms with Gasteiger partial charge in [0.05, 0.1) is 10.6 Å². The minimum atomic E-state index is -0.151. The molecule has 1 aromatic heterocycles. The third-order valence-electron chi connectivity index (χ3n) is 3.16. The fourth-order valence-corrected chi connectivity index (χ4v) is 3.54. The summed E-state index contributed by atoms with van der Waals surface area (Å²) in [4.78, 5) is 15.7. The van der Waals surface area contributed by atoms with Gasteiger partial charge in [-0.05, 0) is 27.3 Å². The second kappa shape index (κ2) is 8.31. The summed E-state index contributed by atoms with van der Waals surface area (Å²) in [6, 6.07) is 0.390. The van der Waals surface area contributed by atoms with Crippen LogP contribution in [0.3, 0.4) is 0 Å². The molecule has 0 aromatic carbocycles. The van der Waals surface area contributed by atoms with Crippen LogP contribution >= 0.6 is 23.1 Å². The van der Waals surface area contributed by atoms with Crippen molar-refractivity contribution in [3.8, 4) is 0 Å². The molecule has 1 rings (SSSR count). The van der Waals surface area contributed by atoms with Gasteiger partial charge in [-0.3, -0.25) is 4.79 Å². The summed E-state index contributed by atoms with van der Waals surface area (Å²) in [7, 11) is 4.08. The molecule has 1 atom stereocenters. The average molecular weight is 329 g/mol. The van der Waals surface area contributed by atoms with Crippen molar-refractivity contribution < 1.29 is 4.79 Å². The van der Waals surface area contributed by atoms with E-state index in [4.69, 9.17) is 5.73 Å². The lowest BCUT2D eigenvalue weighted by atomic mass is 10.3. The molecule has 0 bridgehead atoms. The Morgan fingerprint density at radius 2 is 2.24 bits per heavy atom. The lowest BCUT2D eigenvalue weighted by Crippen LogP contribution is -2.31. The smallest absolute Gasteiger partial charge is 0.263 e. The zero-order chi connectivity index (χ0) is 16.0. The van der Waals surface area contributed by atoms with Gasteiger partial charge in [-0.15, -0.1) is 29.7 Å². The zero-order valence-corrected chi connectivity index (χ0v) is 14.7. The van der Waals surface area contributed by atoms with Gasteiger partial charge >= 0.3 is 0 Å². The minimum absolute atomic E-state index is 0.151. The van der Waals surface area contributed by atoms with Gasteiger partial charge in [-0.1, -0.05) is 6.08 Å². The fraction of sp³-hybridized carbons (Fsp3) is 0.500. The van der Waals surface area contributed by atoms with Crippen molar-refractivity contribution in [3.05, 3.63) is 17.5 Å². The number of likely N-dealkylation sites (N-methyl/N-ethyl adjacent to an activating group) is 1. The number of hydrogen-bond donors (Lipinski definition) is 3. The number of carbonyl (C=O) groups is 1. The van der Waals surface area contributed by atoms with Crippen LogP contribution in [0, 0.1) is 0 Å². The Hall–Kier alpha value is -1.18. The first-order chi connectivity index (χ1) is 9.92. The number of thiophene rings is 1. The number of hydrogen-bond acceptors (Lipinski definition) is 6. The Morgan fingerprint density at radius 1 is 1.57 bits per heavy atom. The second-order valence-electron chi connectivity index (χ2n) is 4.90. The highest BCUT2D eigenvalue weighted by Gasteiger charge is 2.20.